The highest BCUT2D eigenvalue weighted by molar-refractivity contribution is 7.90. The van der Waals surface area contributed by atoms with Gasteiger partial charge in [0.25, 0.3) is 0 Å². The largest absolute Gasteiger partial charge is 0.381 e. The zero-order valence-electron chi connectivity index (χ0n) is 20.2. The molecule has 0 atom stereocenters. The van der Waals surface area contributed by atoms with E-state index in [0.29, 0.717) is 11.6 Å². The molecule has 0 saturated carbocycles. The molecule has 182 valence electrons. The zero-order chi connectivity index (χ0) is 24.0. The van der Waals surface area contributed by atoms with E-state index >= 15 is 0 Å². The average Bonchev–Trinajstić information content (AvgIpc) is 3.08. The van der Waals surface area contributed by atoms with Gasteiger partial charge in [-0.05, 0) is 37.0 Å². The van der Waals surface area contributed by atoms with Crippen molar-refractivity contribution in [1.29, 1.82) is 0 Å². The first kappa shape index (κ1) is 24.0. The van der Waals surface area contributed by atoms with Gasteiger partial charge < -0.3 is 14.6 Å². The Hall–Kier alpha value is -2.17. The summed E-state index contributed by atoms with van der Waals surface area (Å²) in [4.78, 5) is 16.2. The van der Waals surface area contributed by atoms with E-state index in [1.165, 1.54) is 15.5 Å². The fraction of sp³-hybridized carbons (Fsp3) is 0.652. The Balaban J connectivity index is 1.60. The van der Waals surface area contributed by atoms with Gasteiger partial charge >= 0.3 is 10.2 Å². The topological polar surface area (TPSA) is 96.8 Å². The molecule has 10 heteroatoms. The fourth-order valence-electron chi connectivity index (χ4n) is 4.57. The minimum Gasteiger partial charge on any atom is -0.381 e. The number of nitrogens with zero attached hydrogens (tertiary/aromatic N) is 4. The number of hydrogen-bond acceptors (Lipinski definition) is 5. The first-order valence-corrected chi connectivity index (χ1v) is 13.0. The van der Waals surface area contributed by atoms with Crippen LogP contribution in [0.25, 0.3) is 11.0 Å². The van der Waals surface area contributed by atoms with Gasteiger partial charge in [-0.15, -0.1) is 0 Å². The lowest BCUT2D eigenvalue weighted by molar-refractivity contribution is -0.120. The molecule has 9 nitrogen and oxygen atoms in total. The van der Waals surface area contributed by atoms with E-state index < -0.39 is 10.2 Å². The standard InChI is InChI=1S/C23H35N5O4S/c1-16(29)24-18-14-27(15-18)33(30,31)26(5)19-6-7-21-20(12-19)25-22(23(2,3)4)28(21)13-17-8-10-32-11-9-17/h6-7,12,17-18H,8-11,13-15H2,1-5H3,(H,24,29). The molecule has 1 amide bonds. The summed E-state index contributed by atoms with van der Waals surface area (Å²) < 4.78 is 36.7. The second kappa shape index (κ2) is 8.88. The summed E-state index contributed by atoms with van der Waals surface area (Å²) in [7, 11) is -2.12. The van der Waals surface area contributed by atoms with Crippen molar-refractivity contribution in [2.24, 2.45) is 5.92 Å². The highest BCUT2D eigenvalue weighted by Gasteiger charge is 2.39. The van der Waals surface area contributed by atoms with Crippen molar-refractivity contribution in [3.8, 4) is 0 Å². The number of ether oxygens (including phenoxy) is 1. The molecule has 3 heterocycles. The molecule has 0 unspecified atom stereocenters. The zero-order valence-corrected chi connectivity index (χ0v) is 21.0. The van der Waals surface area contributed by atoms with Crippen molar-refractivity contribution >= 4 is 32.8 Å². The molecule has 2 aliphatic heterocycles. The van der Waals surface area contributed by atoms with Gasteiger partial charge in [-0.25, -0.2) is 4.98 Å². The molecule has 33 heavy (non-hydrogen) atoms. The van der Waals surface area contributed by atoms with Gasteiger partial charge in [0.1, 0.15) is 5.82 Å². The van der Waals surface area contributed by atoms with Crippen LogP contribution < -0.4 is 9.62 Å². The quantitative estimate of drug-likeness (QED) is 0.688. The van der Waals surface area contributed by atoms with Crippen molar-refractivity contribution in [2.75, 3.05) is 37.7 Å². The number of benzene rings is 1. The molecule has 1 aromatic carbocycles. The van der Waals surface area contributed by atoms with Gasteiger partial charge in [0.15, 0.2) is 0 Å². The number of fused-ring (bicyclic) bond motifs is 1. The molecule has 1 aromatic heterocycles. The van der Waals surface area contributed by atoms with E-state index in [1.807, 2.05) is 18.2 Å². The Labute approximate surface area is 196 Å². The normalized spacial score (nSPS) is 18.9. The van der Waals surface area contributed by atoms with Crippen LogP contribution in [0.5, 0.6) is 0 Å². The number of imidazole rings is 1. The van der Waals surface area contributed by atoms with Gasteiger partial charge in [-0.1, -0.05) is 20.8 Å². The van der Waals surface area contributed by atoms with E-state index in [0.717, 1.165) is 49.5 Å². The third-order valence-electron chi connectivity index (χ3n) is 6.48. The third-order valence-corrected chi connectivity index (χ3v) is 8.33. The molecular weight excluding hydrogens is 442 g/mol. The highest BCUT2D eigenvalue weighted by Crippen LogP contribution is 2.32. The van der Waals surface area contributed by atoms with Gasteiger partial charge in [-0.2, -0.15) is 12.7 Å². The molecule has 0 spiro atoms. The van der Waals surface area contributed by atoms with E-state index in [4.69, 9.17) is 9.72 Å². The van der Waals surface area contributed by atoms with Crippen LogP contribution in [0.2, 0.25) is 0 Å². The maximum atomic E-state index is 13.1. The summed E-state index contributed by atoms with van der Waals surface area (Å²) in [5, 5.41) is 2.76. The first-order valence-electron chi connectivity index (χ1n) is 11.6. The monoisotopic (exact) mass is 477 g/mol. The summed E-state index contributed by atoms with van der Waals surface area (Å²) in [5.74, 6) is 1.40. The number of carbonyl (C=O) groups is 1. The lowest BCUT2D eigenvalue weighted by Gasteiger charge is -2.40. The maximum Gasteiger partial charge on any atom is 0.303 e. The number of amides is 1. The van der Waals surface area contributed by atoms with E-state index in [1.54, 1.807) is 7.05 Å². The summed E-state index contributed by atoms with van der Waals surface area (Å²) in [5.41, 5.74) is 2.25. The van der Waals surface area contributed by atoms with Crippen LogP contribution in [0.3, 0.4) is 0 Å². The van der Waals surface area contributed by atoms with Crippen LogP contribution >= 0.6 is 0 Å². The van der Waals surface area contributed by atoms with Gasteiger partial charge in [0, 0.05) is 52.2 Å². The van der Waals surface area contributed by atoms with Gasteiger partial charge in [-0.3, -0.25) is 9.10 Å². The number of rotatable bonds is 6. The second-order valence-corrected chi connectivity index (χ2v) is 12.2. The first-order chi connectivity index (χ1) is 15.5. The maximum absolute atomic E-state index is 13.1. The molecule has 2 saturated heterocycles. The average molecular weight is 478 g/mol. The lowest BCUT2D eigenvalue weighted by Crippen LogP contribution is -2.62. The molecule has 0 bridgehead atoms. The van der Waals surface area contributed by atoms with Crippen LogP contribution in [-0.2, 0) is 31.7 Å². The van der Waals surface area contributed by atoms with E-state index in [2.05, 4.69) is 30.7 Å². The molecule has 2 fully saturated rings. The summed E-state index contributed by atoms with van der Waals surface area (Å²) in [6.45, 7) is 10.9. The Morgan fingerprint density at radius 3 is 2.52 bits per heavy atom. The number of nitrogens with one attached hydrogen (secondary N) is 1. The fourth-order valence-corrected chi connectivity index (χ4v) is 6.03. The highest BCUT2D eigenvalue weighted by atomic mass is 32.2. The van der Waals surface area contributed by atoms with Crippen molar-refractivity contribution in [2.45, 2.75) is 58.5 Å². The Bertz CT molecular complexity index is 1130. The van der Waals surface area contributed by atoms with Crippen molar-refractivity contribution < 1.29 is 17.9 Å². The van der Waals surface area contributed by atoms with Crippen LogP contribution in [0.1, 0.15) is 46.4 Å². The minimum absolute atomic E-state index is 0.136. The van der Waals surface area contributed by atoms with E-state index in [9.17, 15) is 13.2 Å². The van der Waals surface area contributed by atoms with Crippen LogP contribution in [0, 0.1) is 5.92 Å². The Morgan fingerprint density at radius 2 is 1.91 bits per heavy atom. The van der Waals surface area contributed by atoms with Gasteiger partial charge in [0.05, 0.1) is 22.8 Å². The summed E-state index contributed by atoms with van der Waals surface area (Å²) >= 11 is 0. The predicted molar refractivity (Wildman–Crippen MR) is 128 cm³/mol. The number of anilines is 1. The Morgan fingerprint density at radius 1 is 1.24 bits per heavy atom. The summed E-state index contributed by atoms with van der Waals surface area (Å²) in [6, 6.07) is 5.55. The molecule has 2 aliphatic rings. The molecule has 2 aromatic rings. The van der Waals surface area contributed by atoms with Crippen molar-refractivity contribution in [3.63, 3.8) is 0 Å². The van der Waals surface area contributed by atoms with Crippen molar-refractivity contribution in [3.05, 3.63) is 24.0 Å². The van der Waals surface area contributed by atoms with Crippen LogP contribution in [0.15, 0.2) is 18.2 Å². The molecule has 0 radical (unpaired) electrons. The molecule has 1 N–H and O–H groups in total. The summed E-state index contributed by atoms with van der Waals surface area (Å²) in [6.07, 6.45) is 2.08. The van der Waals surface area contributed by atoms with Crippen molar-refractivity contribution in [1.82, 2.24) is 19.2 Å². The number of carbonyl (C=O) groups excluding carboxylic acids is 1. The minimum atomic E-state index is -3.68. The van der Waals surface area contributed by atoms with Crippen LogP contribution in [0.4, 0.5) is 5.69 Å². The lowest BCUT2D eigenvalue weighted by atomic mass is 9.94. The third kappa shape index (κ3) is 4.88. The SMILES string of the molecule is CC(=O)NC1CN(S(=O)(=O)N(C)c2ccc3c(c2)nc(C(C)(C)C)n3CC2CCOCC2)C1. The molecule has 4 rings (SSSR count). The smallest absolute Gasteiger partial charge is 0.303 e. The van der Waals surface area contributed by atoms with Gasteiger partial charge in [0.2, 0.25) is 5.91 Å². The van der Waals surface area contributed by atoms with E-state index in [-0.39, 0.29) is 30.5 Å². The predicted octanol–water partition coefficient (Wildman–Crippen LogP) is 2.26. The number of hydrogen-bond donors (Lipinski definition) is 1. The second-order valence-electron chi connectivity index (χ2n) is 10.2. The Kier molecular flexibility index (Phi) is 6.45. The van der Waals surface area contributed by atoms with Crippen LogP contribution in [-0.4, -0.2) is 67.6 Å². The molecule has 0 aliphatic carbocycles. The number of aromatic nitrogens is 2. The molecular formula is C23H35N5O4S.